The van der Waals surface area contributed by atoms with Crippen molar-refractivity contribution >= 4 is 23.5 Å². The Labute approximate surface area is 163 Å². The first-order chi connectivity index (χ1) is 13.1. The van der Waals surface area contributed by atoms with Gasteiger partial charge in [0.2, 0.25) is 5.95 Å². The number of aryl methyl sites for hydroxylation is 1. The summed E-state index contributed by atoms with van der Waals surface area (Å²) in [5.41, 5.74) is 3.92. The number of rotatable bonds is 7. The van der Waals surface area contributed by atoms with Crippen LogP contribution in [0.2, 0.25) is 5.02 Å². The van der Waals surface area contributed by atoms with Gasteiger partial charge in [0.25, 0.3) is 5.91 Å². The zero-order valence-electron chi connectivity index (χ0n) is 15.1. The van der Waals surface area contributed by atoms with E-state index in [0.717, 1.165) is 17.5 Å². The number of hydrogen-bond donors (Lipinski definition) is 2. The molecule has 3 aromatic rings. The van der Waals surface area contributed by atoms with Crippen molar-refractivity contribution in [2.75, 3.05) is 11.9 Å². The molecule has 27 heavy (non-hydrogen) atoms. The van der Waals surface area contributed by atoms with Crippen LogP contribution in [0.15, 0.2) is 60.9 Å². The van der Waals surface area contributed by atoms with E-state index < -0.39 is 0 Å². The van der Waals surface area contributed by atoms with Crippen molar-refractivity contribution in [3.8, 4) is 0 Å². The van der Waals surface area contributed by atoms with Crippen LogP contribution < -0.4 is 10.6 Å². The van der Waals surface area contributed by atoms with Crippen LogP contribution in [-0.2, 0) is 13.0 Å². The van der Waals surface area contributed by atoms with E-state index in [1.807, 2.05) is 36.4 Å². The summed E-state index contributed by atoms with van der Waals surface area (Å²) in [6.45, 7) is 3.22. The molecule has 1 amide bonds. The Morgan fingerprint density at radius 1 is 1.04 bits per heavy atom. The molecule has 0 unspecified atom stereocenters. The minimum absolute atomic E-state index is 0.186. The Morgan fingerprint density at radius 2 is 1.78 bits per heavy atom. The summed E-state index contributed by atoms with van der Waals surface area (Å²) >= 11 is 5.86. The number of aromatic nitrogens is 2. The normalized spacial score (nSPS) is 10.4. The largest absolute Gasteiger partial charge is 0.352 e. The number of nitrogens with one attached hydrogen (secondary N) is 2. The second-order valence-electron chi connectivity index (χ2n) is 6.27. The molecule has 3 rings (SSSR count). The standard InChI is InChI=1S/C21H21ClN4O/c1-15-3-2-4-17(11-15)12-24-21-25-13-18(14-26-21)20(27)23-10-9-16-5-7-19(22)8-6-16/h2-8,11,13-14H,9-10,12H2,1H3,(H,23,27)(H,24,25,26). The van der Waals surface area contributed by atoms with Crippen molar-refractivity contribution in [1.82, 2.24) is 15.3 Å². The fourth-order valence-electron chi connectivity index (χ4n) is 2.61. The van der Waals surface area contributed by atoms with Gasteiger partial charge in [0.15, 0.2) is 0 Å². The molecular weight excluding hydrogens is 360 g/mol. The molecule has 138 valence electrons. The number of carbonyl (C=O) groups is 1. The van der Waals surface area contributed by atoms with Crippen molar-refractivity contribution in [3.05, 3.63) is 88.2 Å². The summed E-state index contributed by atoms with van der Waals surface area (Å²) in [5.74, 6) is 0.309. The molecule has 0 aliphatic rings. The van der Waals surface area contributed by atoms with Crippen LogP contribution >= 0.6 is 11.6 Å². The smallest absolute Gasteiger partial charge is 0.254 e. The van der Waals surface area contributed by atoms with Crippen molar-refractivity contribution in [2.24, 2.45) is 0 Å². The predicted molar refractivity (Wildman–Crippen MR) is 108 cm³/mol. The summed E-state index contributed by atoms with van der Waals surface area (Å²) in [6, 6.07) is 15.8. The lowest BCUT2D eigenvalue weighted by Gasteiger charge is -2.07. The maximum Gasteiger partial charge on any atom is 0.254 e. The van der Waals surface area contributed by atoms with Gasteiger partial charge in [-0.2, -0.15) is 0 Å². The van der Waals surface area contributed by atoms with Gasteiger partial charge in [-0.3, -0.25) is 4.79 Å². The van der Waals surface area contributed by atoms with Crippen molar-refractivity contribution < 1.29 is 4.79 Å². The summed E-state index contributed by atoms with van der Waals surface area (Å²) in [6.07, 6.45) is 3.80. The van der Waals surface area contributed by atoms with Crippen LogP contribution in [0.1, 0.15) is 27.0 Å². The highest BCUT2D eigenvalue weighted by Crippen LogP contribution is 2.10. The number of hydrogen-bond acceptors (Lipinski definition) is 4. The molecular formula is C21H21ClN4O. The first-order valence-corrected chi connectivity index (χ1v) is 9.12. The first kappa shape index (κ1) is 18.9. The molecule has 2 N–H and O–H groups in total. The van der Waals surface area contributed by atoms with Crippen LogP contribution in [0.4, 0.5) is 5.95 Å². The quantitative estimate of drug-likeness (QED) is 0.649. The molecule has 6 heteroatoms. The van der Waals surface area contributed by atoms with Crippen molar-refractivity contribution in [1.29, 1.82) is 0 Å². The molecule has 5 nitrogen and oxygen atoms in total. The molecule has 1 heterocycles. The van der Waals surface area contributed by atoms with E-state index in [0.29, 0.717) is 29.6 Å². The third kappa shape index (κ3) is 5.79. The lowest BCUT2D eigenvalue weighted by Crippen LogP contribution is -2.26. The molecule has 0 atom stereocenters. The number of amides is 1. The second kappa shape index (κ2) is 9.14. The highest BCUT2D eigenvalue weighted by atomic mass is 35.5. The van der Waals surface area contributed by atoms with Crippen LogP contribution in [-0.4, -0.2) is 22.4 Å². The van der Waals surface area contributed by atoms with Gasteiger partial charge in [-0.15, -0.1) is 0 Å². The number of carbonyl (C=O) groups excluding carboxylic acids is 1. The zero-order chi connectivity index (χ0) is 19.1. The molecule has 0 fully saturated rings. The topological polar surface area (TPSA) is 66.9 Å². The van der Waals surface area contributed by atoms with Gasteiger partial charge in [-0.05, 0) is 36.6 Å². The molecule has 0 saturated heterocycles. The van der Waals surface area contributed by atoms with Gasteiger partial charge in [-0.1, -0.05) is 53.6 Å². The number of anilines is 1. The first-order valence-electron chi connectivity index (χ1n) is 8.74. The lowest BCUT2D eigenvalue weighted by molar-refractivity contribution is 0.0953. The summed E-state index contributed by atoms with van der Waals surface area (Å²) in [4.78, 5) is 20.6. The molecule has 0 saturated carbocycles. The van der Waals surface area contributed by atoms with Crippen molar-refractivity contribution in [2.45, 2.75) is 19.9 Å². The van der Waals surface area contributed by atoms with E-state index in [9.17, 15) is 4.79 Å². The third-order valence-electron chi connectivity index (χ3n) is 4.06. The average Bonchev–Trinajstić information content (AvgIpc) is 2.68. The second-order valence-corrected chi connectivity index (χ2v) is 6.71. The number of nitrogens with zero attached hydrogens (tertiary/aromatic N) is 2. The van der Waals surface area contributed by atoms with Crippen LogP contribution in [0, 0.1) is 6.92 Å². The number of benzene rings is 2. The SMILES string of the molecule is Cc1cccc(CNc2ncc(C(=O)NCCc3ccc(Cl)cc3)cn2)c1. The van der Waals surface area contributed by atoms with Crippen molar-refractivity contribution in [3.63, 3.8) is 0 Å². The summed E-state index contributed by atoms with van der Waals surface area (Å²) in [7, 11) is 0. The zero-order valence-corrected chi connectivity index (χ0v) is 15.8. The molecule has 2 aromatic carbocycles. The minimum atomic E-state index is -0.186. The van der Waals surface area contributed by atoms with E-state index in [-0.39, 0.29) is 5.91 Å². The minimum Gasteiger partial charge on any atom is -0.352 e. The van der Waals surface area contributed by atoms with Crippen LogP contribution in [0.5, 0.6) is 0 Å². The Balaban J connectivity index is 1.47. The van der Waals surface area contributed by atoms with Crippen LogP contribution in [0.25, 0.3) is 0 Å². The van der Waals surface area contributed by atoms with Gasteiger partial charge in [0.05, 0.1) is 5.56 Å². The lowest BCUT2D eigenvalue weighted by atomic mass is 10.1. The Morgan fingerprint density at radius 3 is 2.48 bits per heavy atom. The van der Waals surface area contributed by atoms with Gasteiger partial charge in [-0.25, -0.2) is 9.97 Å². The Kier molecular flexibility index (Phi) is 6.39. The Bertz CT molecular complexity index is 895. The van der Waals surface area contributed by atoms with E-state index in [4.69, 9.17) is 11.6 Å². The van der Waals surface area contributed by atoms with Gasteiger partial charge < -0.3 is 10.6 Å². The molecule has 0 aliphatic heterocycles. The average molecular weight is 381 g/mol. The monoisotopic (exact) mass is 380 g/mol. The van der Waals surface area contributed by atoms with Gasteiger partial charge in [0, 0.05) is 30.5 Å². The molecule has 0 radical (unpaired) electrons. The fraction of sp³-hybridized carbons (Fsp3) is 0.190. The fourth-order valence-corrected chi connectivity index (χ4v) is 2.74. The highest BCUT2D eigenvalue weighted by Gasteiger charge is 2.07. The Hall–Kier alpha value is -2.92. The predicted octanol–water partition coefficient (Wildman–Crippen LogP) is 4.02. The molecule has 0 bridgehead atoms. The number of halogens is 1. The van der Waals surface area contributed by atoms with E-state index in [1.54, 1.807) is 0 Å². The summed E-state index contributed by atoms with van der Waals surface area (Å²) < 4.78 is 0. The maximum absolute atomic E-state index is 12.2. The molecule has 0 aliphatic carbocycles. The van der Waals surface area contributed by atoms with E-state index in [2.05, 4.69) is 39.7 Å². The van der Waals surface area contributed by atoms with Gasteiger partial charge in [0.1, 0.15) is 0 Å². The van der Waals surface area contributed by atoms with Crippen LogP contribution in [0.3, 0.4) is 0 Å². The van der Waals surface area contributed by atoms with E-state index in [1.165, 1.54) is 18.0 Å². The highest BCUT2D eigenvalue weighted by molar-refractivity contribution is 6.30. The third-order valence-corrected chi connectivity index (χ3v) is 4.31. The van der Waals surface area contributed by atoms with Gasteiger partial charge >= 0.3 is 0 Å². The van der Waals surface area contributed by atoms with E-state index >= 15 is 0 Å². The summed E-state index contributed by atoms with van der Waals surface area (Å²) in [5, 5.41) is 6.74. The molecule has 0 spiro atoms. The maximum atomic E-state index is 12.2. The molecule has 1 aromatic heterocycles.